The molecule has 5 heteroatoms. The maximum absolute atomic E-state index is 13.7. The highest BCUT2D eigenvalue weighted by atomic mass is 32.1. The standard InChI is InChI=1S/C28H28N2O2S/c1-28(2,3)20-12-10-18(11-13-20)19-15-22-26(24(32)16-19)27(25-9-6-14-33-25)30(17-31)23-8-5-4-7-21(23)29-22/h4-14,17,19,27,29H,15-16H2,1-3H3/t19-,27+/m1/s1. The van der Waals surface area contributed by atoms with Crippen LogP contribution in [0, 0.1) is 0 Å². The third-order valence-electron chi connectivity index (χ3n) is 6.70. The van der Waals surface area contributed by atoms with Crippen LogP contribution >= 0.6 is 11.3 Å². The Morgan fingerprint density at radius 3 is 2.42 bits per heavy atom. The molecule has 4 nitrogen and oxygen atoms in total. The van der Waals surface area contributed by atoms with E-state index < -0.39 is 6.04 Å². The summed E-state index contributed by atoms with van der Waals surface area (Å²) in [5, 5.41) is 5.54. The van der Waals surface area contributed by atoms with Crippen LogP contribution in [0.15, 0.2) is 77.3 Å². The highest BCUT2D eigenvalue weighted by molar-refractivity contribution is 7.10. The molecule has 5 rings (SSSR count). The number of anilines is 2. The van der Waals surface area contributed by atoms with E-state index >= 15 is 0 Å². The number of carbonyl (C=O) groups excluding carboxylic acids is 2. The van der Waals surface area contributed by atoms with Gasteiger partial charge in [0.1, 0.15) is 6.04 Å². The van der Waals surface area contributed by atoms with Crippen molar-refractivity contribution in [2.24, 2.45) is 0 Å². The number of benzene rings is 2. The van der Waals surface area contributed by atoms with Crippen molar-refractivity contribution < 1.29 is 9.59 Å². The average Bonchev–Trinajstić information content (AvgIpc) is 3.28. The molecule has 3 aromatic rings. The van der Waals surface area contributed by atoms with Crippen molar-refractivity contribution >= 4 is 34.9 Å². The van der Waals surface area contributed by atoms with Crippen LogP contribution in [0.1, 0.15) is 61.6 Å². The number of carbonyl (C=O) groups is 2. The van der Waals surface area contributed by atoms with Gasteiger partial charge >= 0.3 is 0 Å². The third-order valence-corrected chi connectivity index (χ3v) is 7.63. The van der Waals surface area contributed by atoms with Crippen molar-refractivity contribution in [2.75, 3.05) is 10.2 Å². The summed E-state index contributed by atoms with van der Waals surface area (Å²) in [5.41, 5.74) is 5.84. The minimum atomic E-state index is -0.412. The Kier molecular flexibility index (Phi) is 5.45. The number of fused-ring (bicyclic) bond motifs is 1. The second kappa shape index (κ2) is 8.31. The van der Waals surface area contributed by atoms with E-state index in [1.54, 1.807) is 16.2 Å². The van der Waals surface area contributed by atoms with Crippen LogP contribution in [0.5, 0.6) is 0 Å². The molecule has 0 fully saturated rings. The molecule has 0 spiro atoms. The lowest BCUT2D eigenvalue weighted by Gasteiger charge is -2.32. The van der Waals surface area contributed by atoms with E-state index in [1.165, 1.54) is 11.1 Å². The molecule has 0 bridgehead atoms. The van der Waals surface area contributed by atoms with Crippen molar-refractivity contribution in [2.45, 2.75) is 51.0 Å². The van der Waals surface area contributed by atoms with Crippen LogP contribution in [-0.4, -0.2) is 12.2 Å². The number of nitrogens with one attached hydrogen (secondary N) is 1. The van der Waals surface area contributed by atoms with E-state index in [4.69, 9.17) is 0 Å². The van der Waals surface area contributed by atoms with Gasteiger partial charge in [-0.2, -0.15) is 0 Å². The first-order chi connectivity index (χ1) is 15.9. The van der Waals surface area contributed by atoms with Gasteiger partial charge in [-0.1, -0.05) is 63.2 Å². The van der Waals surface area contributed by atoms with Gasteiger partial charge in [-0.05, 0) is 52.5 Å². The summed E-state index contributed by atoms with van der Waals surface area (Å²) < 4.78 is 0. The fourth-order valence-electron chi connectivity index (χ4n) is 4.95. The molecule has 1 aromatic heterocycles. The predicted molar refractivity (Wildman–Crippen MR) is 135 cm³/mol. The number of nitrogens with zero attached hydrogens (tertiary/aromatic N) is 1. The predicted octanol–water partition coefficient (Wildman–Crippen LogP) is 6.58. The van der Waals surface area contributed by atoms with Crippen molar-refractivity contribution in [3.8, 4) is 0 Å². The monoisotopic (exact) mass is 456 g/mol. The number of ketones is 1. The molecular weight excluding hydrogens is 428 g/mol. The molecule has 1 aliphatic heterocycles. The van der Waals surface area contributed by atoms with Crippen LogP contribution in [0.25, 0.3) is 0 Å². The topological polar surface area (TPSA) is 49.4 Å². The number of rotatable bonds is 3. The number of allylic oxidation sites excluding steroid dienone is 1. The summed E-state index contributed by atoms with van der Waals surface area (Å²) in [5.74, 6) is 0.211. The Bertz CT molecular complexity index is 1220. The Labute approximate surface area is 198 Å². The lowest BCUT2D eigenvalue weighted by Crippen LogP contribution is -2.32. The van der Waals surface area contributed by atoms with E-state index in [1.807, 2.05) is 41.8 Å². The van der Waals surface area contributed by atoms with Crippen LogP contribution in [0.2, 0.25) is 0 Å². The van der Waals surface area contributed by atoms with Gasteiger partial charge in [0, 0.05) is 22.6 Å². The van der Waals surface area contributed by atoms with E-state index in [-0.39, 0.29) is 17.1 Å². The molecule has 0 radical (unpaired) electrons. The fourth-order valence-corrected chi connectivity index (χ4v) is 5.78. The smallest absolute Gasteiger partial charge is 0.215 e. The number of Topliss-reactive ketones (excluding diaryl/α,β-unsaturated/α-hetero) is 1. The van der Waals surface area contributed by atoms with Gasteiger partial charge in [0.25, 0.3) is 0 Å². The normalized spacial score (nSPS) is 20.6. The van der Waals surface area contributed by atoms with E-state index in [0.29, 0.717) is 12.0 Å². The average molecular weight is 457 g/mol. The van der Waals surface area contributed by atoms with Crippen molar-refractivity contribution in [3.63, 3.8) is 0 Å². The van der Waals surface area contributed by atoms with Crippen LogP contribution in [0.4, 0.5) is 11.4 Å². The zero-order valence-electron chi connectivity index (χ0n) is 19.2. The van der Waals surface area contributed by atoms with E-state index in [2.05, 4.69) is 50.4 Å². The lowest BCUT2D eigenvalue weighted by molar-refractivity contribution is -0.116. The molecule has 2 aromatic carbocycles. The summed E-state index contributed by atoms with van der Waals surface area (Å²) in [7, 11) is 0. The van der Waals surface area contributed by atoms with Crippen LogP contribution < -0.4 is 10.2 Å². The second-order valence-corrected chi connectivity index (χ2v) is 10.8. The zero-order chi connectivity index (χ0) is 23.2. The van der Waals surface area contributed by atoms with Gasteiger partial charge in [0.2, 0.25) is 6.41 Å². The van der Waals surface area contributed by atoms with Gasteiger partial charge in [-0.25, -0.2) is 0 Å². The molecule has 1 N–H and O–H groups in total. The summed E-state index contributed by atoms with van der Waals surface area (Å²) in [6, 6.07) is 20.1. The number of hydrogen-bond donors (Lipinski definition) is 1. The zero-order valence-corrected chi connectivity index (χ0v) is 20.0. The van der Waals surface area contributed by atoms with Gasteiger partial charge in [-0.15, -0.1) is 11.3 Å². The van der Waals surface area contributed by atoms with Crippen LogP contribution in [-0.2, 0) is 15.0 Å². The molecule has 2 aliphatic rings. The molecule has 1 amide bonds. The third kappa shape index (κ3) is 3.91. The van der Waals surface area contributed by atoms with E-state index in [0.717, 1.165) is 34.8 Å². The molecule has 33 heavy (non-hydrogen) atoms. The van der Waals surface area contributed by atoms with Gasteiger partial charge in [0.15, 0.2) is 5.78 Å². The van der Waals surface area contributed by atoms with Crippen molar-refractivity contribution in [1.82, 2.24) is 0 Å². The van der Waals surface area contributed by atoms with Crippen LogP contribution in [0.3, 0.4) is 0 Å². The van der Waals surface area contributed by atoms with Gasteiger partial charge in [-0.3, -0.25) is 9.59 Å². The molecular formula is C28H28N2O2S. The first kappa shape index (κ1) is 21.7. The van der Waals surface area contributed by atoms with E-state index in [9.17, 15) is 9.59 Å². The first-order valence-electron chi connectivity index (χ1n) is 11.4. The fraction of sp³-hybridized carbons (Fsp3) is 0.286. The van der Waals surface area contributed by atoms with Gasteiger partial charge in [0.05, 0.1) is 11.4 Å². The Balaban J connectivity index is 1.59. The summed E-state index contributed by atoms with van der Waals surface area (Å²) >= 11 is 1.58. The Morgan fingerprint density at radius 2 is 1.76 bits per heavy atom. The summed E-state index contributed by atoms with van der Waals surface area (Å²) in [4.78, 5) is 28.7. The molecule has 2 heterocycles. The minimum absolute atomic E-state index is 0.0926. The second-order valence-electron chi connectivity index (χ2n) is 9.87. The SMILES string of the molecule is CC(C)(C)c1ccc([C@H]2CC(=O)C3=C(C2)Nc2ccccc2N(C=O)[C@H]3c2cccs2)cc1. The summed E-state index contributed by atoms with van der Waals surface area (Å²) in [6.45, 7) is 6.62. The molecule has 2 atom stereocenters. The molecule has 168 valence electrons. The summed E-state index contributed by atoms with van der Waals surface area (Å²) in [6.07, 6.45) is 2.03. The molecule has 0 saturated carbocycles. The Hall–Kier alpha value is -3.18. The maximum atomic E-state index is 13.7. The molecule has 1 aliphatic carbocycles. The number of amides is 1. The maximum Gasteiger partial charge on any atom is 0.215 e. The highest BCUT2D eigenvalue weighted by Gasteiger charge is 2.39. The lowest BCUT2D eigenvalue weighted by atomic mass is 9.78. The molecule has 0 unspecified atom stereocenters. The highest BCUT2D eigenvalue weighted by Crippen LogP contribution is 2.47. The van der Waals surface area contributed by atoms with Crippen molar-refractivity contribution in [1.29, 1.82) is 0 Å². The number of thiophene rings is 1. The Morgan fingerprint density at radius 1 is 1.00 bits per heavy atom. The molecule has 0 saturated heterocycles. The largest absolute Gasteiger partial charge is 0.357 e. The minimum Gasteiger partial charge on any atom is -0.357 e. The number of para-hydroxylation sites is 2. The van der Waals surface area contributed by atoms with Crippen molar-refractivity contribution in [3.05, 3.63) is 93.3 Å². The first-order valence-corrected chi connectivity index (χ1v) is 12.2. The quantitative estimate of drug-likeness (QED) is 0.453. The van der Waals surface area contributed by atoms with Gasteiger partial charge < -0.3 is 10.2 Å². The number of hydrogen-bond acceptors (Lipinski definition) is 4.